The zero-order valence-corrected chi connectivity index (χ0v) is 10.2. The lowest BCUT2D eigenvalue weighted by atomic mass is 10.3. The zero-order chi connectivity index (χ0) is 13.1. The van der Waals surface area contributed by atoms with Crippen LogP contribution in [-0.2, 0) is 9.84 Å². The Labute approximate surface area is 102 Å². The Morgan fingerprint density at radius 3 is 2.53 bits per heavy atom. The van der Waals surface area contributed by atoms with Crippen LogP contribution in [0.3, 0.4) is 0 Å². The van der Waals surface area contributed by atoms with Gasteiger partial charge in [-0.3, -0.25) is 10.1 Å². The summed E-state index contributed by atoms with van der Waals surface area (Å²) >= 11 is 5.35. The van der Waals surface area contributed by atoms with Crippen LogP contribution in [0.2, 0.25) is 0 Å². The van der Waals surface area contributed by atoms with Gasteiger partial charge in [-0.2, -0.15) is 0 Å². The summed E-state index contributed by atoms with van der Waals surface area (Å²) < 4.78 is 36.7. The summed E-state index contributed by atoms with van der Waals surface area (Å²) in [6.07, 6.45) is 0.195. The van der Waals surface area contributed by atoms with Crippen molar-refractivity contribution < 1.29 is 17.7 Å². The van der Waals surface area contributed by atoms with Crippen molar-refractivity contribution in [2.75, 3.05) is 11.6 Å². The van der Waals surface area contributed by atoms with Crippen LogP contribution >= 0.6 is 11.6 Å². The number of alkyl halides is 1. The maximum absolute atomic E-state index is 13.4. The molecule has 0 bridgehead atoms. The standard InChI is InChI=1S/C9H9ClFNO4S/c10-4-1-5-17(15,16)9-3-2-7(12(13)14)6-8(9)11/h2-3,6H,1,4-5H2. The van der Waals surface area contributed by atoms with E-state index >= 15 is 0 Å². The molecule has 0 aliphatic carbocycles. The van der Waals surface area contributed by atoms with Crippen molar-refractivity contribution in [2.45, 2.75) is 11.3 Å². The van der Waals surface area contributed by atoms with Crippen LogP contribution in [-0.4, -0.2) is 25.0 Å². The number of hydrogen-bond acceptors (Lipinski definition) is 4. The summed E-state index contributed by atoms with van der Waals surface area (Å²) in [5.74, 6) is -1.26. The lowest BCUT2D eigenvalue weighted by Crippen LogP contribution is -2.09. The molecule has 0 N–H and O–H groups in total. The quantitative estimate of drug-likeness (QED) is 0.471. The Bertz CT molecular complexity index is 532. The van der Waals surface area contributed by atoms with Gasteiger partial charge >= 0.3 is 0 Å². The van der Waals surface area contributed by atoms with Gasteiger partial charge in [0.05, 0.1) is 16.7 Å². The molecule has 1 aromatic rings. The first kappa shape index (κ1) is 13.9. The molecule has 5 nitrogen and oxygen atoms in total. The van der Waals surface area contributed by atoms with Crippen LogP contribution in [0, 0.1) is 15.9 Å². The Kier molecular flexibility index (Phi) is 4.41. The number of nitro groups is 1. The molecule has 0 aliphatic heterocycles. The summed E-state index contributed by atoms with van der Waals surface area (Å²) in [5, 5.41) is 10.4. The van der Waals surface area contributed by atoms with Crippen molar-refractivity contribution in [3.63, 3.8) is 0 Å². The highest BCUT2D eigenvalue weighted by molar-refractivity contribution is 7.91. The highest BCUT2D eigenvalue weighted by atomic mass is 35.5. The van der Waals surface area contributed by atoms with Crippen molar-refractivity contribution in [3.05, 3.63) is 34.1 Å². The number of halogens is 2. The molecular formula is C9H9ClFNO4S. The summed E-state index contributed by atoms with van der Waals surface area (Å²) in [5.41, 5.74) is -0.487. The molecule has 1 aromatic carbocycles. The first-order valence-corrected chi connectivity index (χ1v) is 6.80. The summed E-state index contributed by atoms with van der Waals surface area (Å²) in [4.78, 5) is 9.03. The van der Waals surface area contributed by atoms with Crippen LogP contribution in [0.4, 0.5) is 10.1 Å². The first-order chi connectivity index (χ1) is 7.88. The number of rotatable bonds is 5. The van der Waals surface area contributed by atoms with E-state index in [0.717, 1.165) is 12.1 Å². The van der Waals surface area contributed by atoms with E-state index < -0.39 is 31.2 Å². The third kappa shape index (κ3) is 3.37. The largest absolute Gasteiger partial charge is 0.272 e. The molecule has 0 amide bonds. The van der Waals surface area contributed by atoms with Crippen LogP contribution in [0.15, 0.2) is 23.1 Å². The molecule has 0 unspecified atom stereocenters. The number of sulfone groups is 1. The van der Waals surface area contributed by atoms with Gasteiger partial charge in [-0.15, -0.1) is 11.6 Å². The molecule has 94 valence electrons. The Balaban J connectivity index is 3.12. The van der Waals surface area contributed by atoms with Crippen LogP contribution in [0.25, 0.3) is 0 Å². The molecule has 1 rings (SSSR count). The van der Waals surface area contributed by atoms with Gasteiger partial charge in [-0.1, -0.05) is 0 Å². The number of non-ortho nitro benzene ring substituents is 1. The molecule has 0 atom stereocenters. The predicted molar refractivity (Wildman–Crippen MR) is 60.4 cm³/mol. The molecule has 0 aliphatic rings. The minimum atomic E-state index is -3.78. The van der Waals surface area contributed by atoms with E-state index in [4.69, 9.17) is 11.6 Å². The van der Waals surface area contributed by atoms with Crippen LogP contribution in [0.1, 0.15) is 6.42 Å². The van der Waals surface area contributed by atoms with E-state index in [9.17, 15) is 22.9 Å². The van der Waals surface area contributed by atoms with Crippen molar-refractivity contribution in [2.24, 2.45) is 0 Å². The van der Waals surface area contributed by atoms with Gasteiger partial charge in [-0.25, -0.2) is 12.8 Å². The molecule has 0 fully saturated rings. The fourth-order valence-corrected chi connectivity index (χ4v) is 2.88. The van der Waals surface area contributed by atoms with Crippen LogP contribution in [0.5, 0.6) is 0 Å². The van der Waals surface area contributed by atoms with E-state index in [-0.39, 0.29) is 18.1 Å². The number of benzene rings is 1. The van der Waals surface area contributed by atoms with E-state index in [1.54, 1.807) is 0 Å². The Morgan fingerprint density at radius 2 is 2.06 bits per heavy atom. The van der Waals surface area contributed by atoms with Gasteiger partial charge in [-0.05, 0) is 12.5 Å². The minimum Gasteiger partial charge on any atom is -0.258 e. The number of nitro benzene ring substituents is 1. The topological polar surface area (TPSA) is 77.3 Å². The average molecular weight is 282 g/mol. The highest BCUT2D eigenvalue weighted by Gasteiger charge is 2.21. The number of nitrogens with zero attached hydrogens (tertiary/aromatic N) is 1. The van der Waals surface area contributed by atoms with E-state index in [1.807, 2.05) is 0 Å². The van der Waals surface area contributed by atoms with Gasteiger partial charge in [0.15, 0.2) is 9.84 Å². The smallest absolute Gasteiger partial charge is 0.258 e. The van der Waals surface area contributed by atoms with Crippen LogP contribution < -0.4 is 0 Å². The first-order valence-electron chi connectivity index (χ1n) is 4.61. The molecule has 0 saturated carbocycles. The highest BCUT2D eigenvalue weighted by Crippen LogP contribution is 2.21. The zero-order valence-electron chi connectivity index (χ0n) is 8.60. The second kappa shape index (κ2) is 5.42. The maximum Gasteiger partial charge on any atom is 0.272 e. The molecular weight excluding hydrogens is 273 g/mol. The summed E-state index contributed by atoms with van der Waals surface area (Å²) in [6.45, 7) is 0. The van der Waals surface area contributed by atoms with Crippen molar-refractivity contribution in [3.8, 4) is 0 Å². The van der Waals surface area contributed by atoms with Gasteiger partial charge in [0.2, 0.25) is 0 Å². The lowest BCUT2D eigenvalue weighted by Gasteiger charge is -2.04. The molecule has 0 spiro atoms. The average Bonchev–Trinajstić information content (AvgIpc) is 2.25. The summed E-state index contributed by atoms with van der Waals surface area (Å²) in [7, 11) is -3.78. The molecule has 17 heavy (non-hydrogen) atoms. The molecule has 0 aromatic heterocycles. The molecule has 0 radical (unpaired) electrons. The summed E-state index contributed by atoms with van der Waals surface area (Å²) in [6, 6.07) is 2.45. The fourth-order valence-electron chi connectivity index (χ4n) is 1.21. The Morgan fingerprint density at radius 1 is 1.41 bits per heavy atom. The van der Waals surface area contributed by atoms with E-state index in [2.05, 4.69) is 0 Å². The Hall–Kier alpha value is -1.21. The van der Waals surface area contributed by atoms with E-state index in [1.165, 1.54) is 0 Å². The van der Waals surface area contributed by atoms with Crippen molar-refractivity contribution in [1.82, 2.24) is 0 Å². The van der Waals surface area contributed by atoms with E-state index in [0.29, 0.717) is 6.07 Å². The van der Waals surface area contributed by atoms with Gasteiger partial charge in [0.1, 0.15) is 10.7 Å². The van der Waals surface area contributed by atoms with Gasteiger partial charge in [0, 0.05) is 11.9 Å². The third-order valence-electron chi connectivity index (χ3n) is 2.01. The number of hydrogen-bond donors (Lipinski definition) is 0. The predicted octanol–water partition coefficient (Wildman–Crippen LogP) is 2.14. The fraction of sp³-hybridized carbons (Fsp3) is 0.333. The lowest BCUT2D eigenvalue weighted by molar-refractivity contribution is -0.385. The molecule has 0 heterocycles. The van der Waals surface area contributed by atoms with Crippen molar-refractivity contribution >= 4 is 27.1 Å². The second-order valence-electron chi connectivity index (χ2n) is 3.23. The normalized spacial score (nSPS) is 11.4. The van der Waals surface area contributed by atoms with Gasteiger partial charge in [0.25, 0.3) is 5.69 Å². The van der Waals surface area contributed by atoms with Crippen molar-refractivity contribution in [1.29, 1.82) is 0 Å². The maximum atomic E-state index is 13.4. The molecule has 8 heteroatoms. The minimum absolute atomic E-state index is 0.147. The van der Waals surface area contributed by atoms with Gasteiger partial charge < -0.3 is 0 Å². The monoisotopic (exact) mass is 281 g/mol. The second-order valence-corrected chi connectivity index (χ2v) is 5.69. The molecule has 0 saturated heterocycles. The third-order valence-corrected chi connectivity index (χ3v) is 4.10. The SMILES string of the molecule is O=[N+]([O-])c1ccc(S(=O)(=O)CCCCl)c(F)c1.